The molecular formula is C25H33NO3. The molecule has 1 saturated heterocycles. The van der Waals surface area contributed by atoms with Crippen LogP contribution in [0.25, 0.3) is 0 Å². The second kappa shape index (κ2) is 10.0. The van der Waals surface area contributed by atoms with Crippen LogP contribution in [0.1, 0.15) is 61.8 Å². The number of likely N-dealkylation sites (N-methyl/N-ethyl adjacent to an activating group) is 1. The molecule has 29 heavy (non-hydrogen) atoms. The number of rotatable bonds is 8. The summed E-state index contributed by atoms with van der Waals surface area (Å²) in [5.41, 5.74) is 3.33. The van der Waals surface area contributed by atoms with Crippen molar-refractivity contribution in [2.75, 3.05) is 20.1 Å². The average Bonchev–Trinajstić information content (AvgIpc) is 2.71. The molecule has 2 aromatic carbocycles. The Kier molecular flexibility index (Phi) is 7.45. The van der Waals surface area contributed by atoms with Gasteiger partial charge in [-0.25, -0.2) is 4.79 Å². The van der Waals surface area contributed by atoms with E-state index in [1.807, 2.05) is 44.2 Å². The van der Waals surface area contributed by atoms with E-state index in [1.165, 1.54) is 24.9 Å². The summed E-state index contributed by atoms with van der Waals surface area (Å²) in [4.78, 5) is 14.2. The number of hydrogen-bond donors (Lipinski definition) is 1. The number of nitrogens with zero attached hydrogens (tertiary/aromatic N) is 1. The van der Waals surface area contributed by atoms with Crippen molar-refractivity contribution in [2.24, 2.45) is 5.92 Å². The van der Waals surface area contributed by atoms with E-state index >= 15 is 0 Å². The fraction of sp³-hybridized carbons (Fsp3) is 0.480. The Morgan fingerprint density at radius 3 is 2.34 bits per heavy atom. The van der Waals surface area contributed by atoms with Crippen LogP contribution in [0, 0.1) is 5.92 Å². The number of carbonyl (C=O) groups is 1. The first-order valence-corrected chi connectivity index (χ1v) is 10.7. The molecule has 0 radical (unpaired) electrons. The van der Waals surface area contributed by atoms with Crippen molar-refractivity contribution in [3.05, 3.63) is 71.3 Å². The Balaban J connectivity index is 1.85. The molecule has 4 heteroatoms. The molecule has 3 atom stereocenters. The summed E-state index contributed by atoms with van der Waals surface area (Å²) in [5.74, 6) is -0.0914. The van der Waals surface area contributed by atoms with Crippen LogP contribution >= 0.6 is 0 Å². The van der Waals surface area contributed by atoms with Gasteiger partial charge in [-0.3, -0.25) is 0 Å². The third-order valence-electron chi connectivity index (χ3n) is 5.70. The summed E-state index contributed by atoms with van der Waals surface area (Å²) in [6.07, 6.45) is 1.72. The highest BCUT2D eigenvalue weighted by molar-refractivity contribution is 5.72. The third kappa shape index (κ3) is 5.91. The maximum atomic E-state index is 11.8. The quantitative estimate of drug-likeness (QED) is 0.675. The summed E-state index contributed by atoms with van der Waals surface area (Å²) < 4.78 is 6.19. The van der Waals surface area contributed by atoms with Crippen LogP contribution in [0.15, 0.2) is 54.6 Å². The predicted octanol–water partition coefficient (Wildman–Crippen LogP) is 5.10. The van der Waals surface area contributed by atoms with E-state index in [2.05, 4.69) is 36.2 Å². The minimum atomic E-state index is -0.901. The van der Waals surface area contributed by atoms with Crippen molar-refractivity contribution < 1.29 is 14.6 Å². The normalized spacial score (nSPS) is 19.8. The van der Waals surface area contributed by atoms with Crippen molar-refractivity contribution in [3.8, 4) is 0 Å². The van der Waals surface area contributed by atoms with E-state index in [4.69, 9.17) is 4.74 Å². The summed E-state index contributed by atoms with van der Waals surface area (Å²) >= 11 is 0. The number of piperidine rings is 1. The van der Waals surface area contributed by atoms with Crippen LogP contribution in [0.3, 0.4) is 0 Å². The van der Waals surface area contributed by atoms with Crippen LogP contribution < -0.4 is 0 Å². The lowest BCUT2D eigenvalue weighted by Gasteiger charge is -2.30. The molecule has 4 nitrogen and oxygen atoms in total. The number of hydrogen-bond acceptors (Lipinski definition) is 3. The maximum absolute atomic E-state index is 11.8. The molecule has 0 aliphatic carbocycles. The number of ether oxygens (including phenoxy) is 1. The Hall–Kier alpha value is -2.17. The fourth-order valence-corrected chi connectivity index (χ4v) is 4.17. The monoisotopic (exact) mass is 395 g/mol. The summed E-state index contributed by atoms with van der Waals surface area (Å²) in [7, 11) is 2.18. The Labute approximate surface area is 174 Å². The largest absolute Gasteiger partial charge is 0.479 e. The number of likely N-dealkylation sites (tertiary alicyclic amines) is 1. The molecule has 1 heterocycles. The molecule has 1 aliphatic rings. The summed E-state index contributed by atoms with van der Waals surface area (Å²) in [6.45, 7) is 6.30. The lowest BCUT2D eigenvalue weighted by Crippen LogP contribution is -2.30. The van der Waals surface area contributed by atoms with Crippen LogP contribution in [0.4, 0.5) is 0 Å². The minimum Gasteiger partial charge on any atom is -0.479 e. The SMILES string of the molecule is CC(C)C[C@H](OC(c1ccccc1)c1ccc([C@H]2CCCN(C)C2)cc1)C(=O)O. The van der Waals surface area contributed by atoms with E-state index in [0.717, 1.165) is 17.7 Å². The molecule has 1 fully saturated rings. The Morgan fingerprint density at radius 2 is 1.76 bits per heavy atom. The van der Waals surface area contributed by atoms with Gasteiger partial charge in [-0.15, -0.1) is 0 Å². The van der Waals surface area contributed by atoms with Gasteiger partial charge in [0.1, 0.15) is 6.10 Å². The molecule has 1 unspecified atom stereocenters. The molecule has 2 aromatic rings. The molecule has 156 valence electrons. The lowest BCUT2D eigenvalue weighted by molar-refractivity contribution is -0.154. The van der Waals surface area contributed by atoms with Crippen LogP contribution in [0.5, 0.6) is 0 Å². The van der Waals surface area contributed by atoms with Crippen LogP contribution in [0.2, 0.25) is 0 Å². The Morgan fingerprint density at radius 1 is 1.10 bits per heavy atom. The number of carboxylic acid groups (broad SMARTS) is 1. The molecule has 1 aliphatic heterocycles. The second-order valence-electron chi connectivity index (χ2n) is 8.65. The Bertz CT molecular complexity index is 772. The number of aliphatic carboxylic acids is 1. The zero-order chi connectivity index (χ0) is 20.8. The molecule has 0 saturated carbocycles. The highest BCUT2D eigenvalue weighted by Gasteiger charge is 2.26. The van der Waals surface area contributed by atoms with Gasteiger partial charge in [0.2, 0.25) is 0 Å². The van der Waals surface area contributed by atoms with E-state index < -0.39 is 12.1 Å². The van der Waals surface area contributed by atoms with E-state index in [0.29, 0.717) is 12.3 Å². The molecule has 1 N–H and O–H groups in total. The highest BCUT2D eigenvalue weighted by atomic mass is 16.5. The lowest BCUT2D eigenvalue weighted by atomic mass is 9.89. The van der Waals surface area contributed by atoms with Crippen LogP contribution in [-0.4, -0.2) is 42.2 Å². The smallest absolute Gasteiger partial charge is 0.332 e. The van der Waals surface area contributed by atoms with Gasteiger partial charge in [0.25, 0.3) is 0 Å². The standard InChI is InChI=1S/C25H33NO3/c1-18(2)16-23(25(27)28)29-24(20-8-5-4-6-9-20)21-13-11-19(12-14-21)22-10-7-15-26(3)17-22/h4-6,8-9,11-14,18,22-24H,7,10,15-17H2,1-3H3,(H,27,28)/t22-,23-,24?/m0/s1. The highest BCUT2D eigenvalue weighted by Crippen LogP contribution is 2.32. The van der Waals surface area contributed by atoms with Gasteiger partial charge < -0.3 is 14.7 Å². The van der Waals surface area contributed by atoms with Crippen molar-refractivity contribution in [3.63, 3.8) is 0 Å². The molecule has 0 aromatic heterocycles. The average molecular weight is 396 g/mol. The second-order valence-corrected chi connectivity index (χ2v) is 8.65. The topological polar surface area (TPSA) is 49.8 Å². The molecule has 3 rings (SSSR count). The molecule has 0 amide bonds. The van der Waals surface area contributed by atoms with Gasteiger partial charge in [0.05, 0.1) is 0 Å². The number of benzene rings is 2. The first-order valence-electron chi connectivity index (χ1n) is 10.7. The maximum Gasteiger partial charge on any atom is 0.332 e. The van der Waals surface area contributed by atoms with Gasteiger partial charge >= 0.3 is 5.97 Å². The molecule has 0 spiro atoms. The van der Waals surface area contributed by atoms with Crippen molar-refractivity contribution in [1.82, 2.24) is 4.90 Å². The first kappa shape index (κ1) is 21.5. The van der Waals surface area contributed by atoms with Crippen molar-refractivity contribution in [1.29, 1.82) is 0 Å². The molecule has 0 bridgehead atoms. The van der Waals surface area contributed by atoms with Gasteiger partial charge in [-0.05, 0) is 61.4 Å². The van der Waals surface area contributed by atoms with Crippen molar-refractivity contribution in [2.45, 2.75) is 51.2 Å². The zero-order valence-corrected chi connectivity index (χ0v) is 17.8. The van der Waals surface area contributed by atoms with Crippen LogP contribution in [-0.2, 0) is 9.53 Å². The molecular weight excluding hydrogens is 362 g/mol. The van der Waals surface area contributed by atoms with Gasteiger partial charge in [0, 0.05) is 6.54 Å². The minimum absolute atomic E-state index is 0.248. The number of carboxylic acids is 1. The first-order chi connectivity index (χ1) is 13.9. The van der Waals surface area contributed by atoms with Crippen molar-refractivity contribution >= 4 is 5.97 Å². The fourth-order valence-electron chi connectivity index (χ4n) is 4.17. The van der Waals surface area contributed by atoms with E-state index in [1.54, 1.807) is 0 Å². The predicted molar refractivity (Wildman–Crippen MR) is 116 cm³/mol. The summed E-state index contributed by atoms with van der Waals surface area (Å²) in [6, 6.07) is 18.5. The van der Waals surface area contributed by atoms with Gasteiger partial charge in [-0.1, -0.05) is 68.4 Å². The third-order valence-corrected chi connectivity index (χ3v) is 5.70. The van der Waals surface area contributed by atoms with Gasteiger partial charge in [-0.2, -0.15) is 0 Å². The summed E-state index contributed by atoms with van der Waals surface area (Å²) in [5, 5.41) is 9.67. The van der Waals surface area contributed by atoms with Gasteiger partial charge in [0.15, 0.2) is 6.10 Å². The van der Waals surface area contributed by atoms with E-state index in [-0.39, 0.29) is 12.0 Å². The van der Waals surface area contributed by atoms with E-state index in [9.17, 15) is 9.90 Å². The zero-order valence-electron chi connectivity index (χ0n) is 17.8.